The Morgan fingerprint density at radius 2 is 2.17 bits per heavy atom. The smallest absolute Gasteiger partial charge is 0.270 e. The molecule has 1 saturated carbocycles. The van der Waals surface area contributed by atoms with E-state index in [1.807, 2.05) is 34.8 Å². The van der Waals surface area contributed by atoms with Crippen molar-refractivity contribution in [2.75, 3.05) is 13.2 Å². The predicted octanol–water partition coefficient (Wildman–Crippen LogP) is 1.79. The quantitative estimate of drug-likeness (QED) is 0.885. The van der Waals surface area contributed by atoms with E-state index in [2.05, 4.69) is 0 Å². The molecule has 0 saturated heterocycles. The molecule has 1 aliphatic carbocycles. The molecule has 4 nitrogen and oxygen atoms in total. The SMILES string of the molecule is Cn1cccc1C(=O)N(CCO)C1CCCCC1. The summed E-state index contributed by atoms with van der Waals surface area (Å²) in [7, 11) is 1.88. The molecule has 1 N–H and O–H groups in total. The number of carbonyl (C=O) groups excluding carboxylic acids is 1. The number of nitrogens with zero attached hydrogens (tertiary/aromatic N) is 2. The summed E-state index contributed by atoms with van der Waals surface area (Å²) < 4.78 is 1.84. The number of rotatable bonds is 4. The van der Waals surface area contributed by atoms with Crippen LogP contribution in [0.25, 0.3) is 0 Å². The number of aromatic nitrogens is 1. The van der Waals surface area contributed by atoms with Crippen molar-refractivity contribution in [2.24, 2.45) is 7.05 Å². The van der Waals surface area contributed by atoms with E-state index in [1.54, 1.807) is 0 Å². The molecule has 1 aromatic rings. The first kappa shape index (κ1) is 13.1. The molecule has 1 aliphatic rings. The number of aliphatic hydroxyl groups excluding tert-OH is 1. The van der Waals surface area contributed by atoms with Crippen LogP contribution in [-0.2, 0) is 7.05 Å². The van der Waals surface area contributed by atoms with Crippen molar-refractivity contribution in [3.05, 3.63) is 24.0 Å². The van der Waals surface area contributed by atoms with Crippen LogP contribution in [0.5, 0.6) is 0 Å². The number of aliphatic hydroxyl groups is 1. The van der Waals surface area contributed by atoms with Crippen molar-refractivity contribution in [3.8, 4) is 0 Å². The molecule has 0 aliphatic heterocycles. The Labute approximate surface area is 108 Å². The molecule has 0 bridgehead atoms. The van der Waals surface area contributed by atoms with Crippen molar-refractivity contribution in [1.82, 2.24) is 9.47 Å². The maximum absolute atomic E-state index is 12.5. The second-order valence-electron chi connectivity index (χ2n) is 5.02. The molecule has 100 valence electrons. The lowest BCUT2D eigenvalue weighted by atomic mass is 9.94. The van der Waals surface area contributed by atoms with Crippen LogP contribution >= 0.6 is 0 Å². The molecule has 0 aromatic carbocycles. The molecule has 1 fully saturated rings. The lowest BCUT2D eigenvalue weighted by Crippen LogP contribution is -2.43. The van der Waals surface area contributed by atoms with E-state index >= 15 is 0 Å². The van der Waals surface area contributed by atoms with Gasteiger partial charge in [0.05, 0.1) is 6.61 Å². The van der Waals surface area contributed by atoms with Crippen LogP contribution in [0.2, 0.25) is 0 Å². The number of hydrogen-bond donors (Lipinski definition) is 1. The van der Waals surface area contributed by atoms with Gasteiger partial charge in [0.2, 0.25) is 0 Å². The van der Waals surface area contributed by atoms with E-state index in [0.717, 1.165) is 12.8 Å². The van der Waals surface area contributed by atoms with E-state index in [-0.39, 0.29) is 12.5 Å². The van der Waals surface area contributed by atoms with Gasteiger partial charge in [-0.3, -0.25) is 4.79 Å². The molecular weight excluding hydrogens is 228 g/mol. The topological polar surface area (TPSA) is 45.5 Å². The van der Waals surface area contributed by atoms with Gasteiger partial charge in [-0.1, -0.05) is 19.3 Å². The van der Waals surface area contributed by atoms with Crippen molar-refractivity contribution in [2.45, 2.75) is 38.1 Å². The van der Waals surface area contributed by atoms with Crippen LogP contribution in [0.1, 0.15) is 42.6 Å². The van der Waals surface area contributed by atoms with Crippen LogP contribution in [0.3, 0.4) is 0 Å². The molecule has 18 heavy (non-hydrogen) atoms. The zero-order valence-electron chi connectivity index (χ0n) is 11.0. The van der Waals surface area contributed by atoms with E-state index < -0.39 is 0 Å². The Morgan fingerprint density at radius 1 is 1.44 bits per heavy atom. The Bertz CT molecular complexity index is 394. The molecule has 0 unspecified atom stereocenters. The highest BCUT2D eigenvalue weighted by atomic mass is 16.3. The van der Waals surface area contributed by atoms with Gasteiger partial charge in [0, 0.05) is 25.8 Å². The van der Waals surface area contributed by atoms with Crippen LogP contribution in [0, 0.1) is 0 Å². The third-order valence-electron chi connectivity index (χ3n) is 3.78. The zero-order valence-corrected chi connectivity index (χ0v) is 11.0. The van der Waals surface area contributed by atoms with Crippen molar-refractivity contribution in [1.29, 1.82) is 0 Å². The van der Waals surface area contributed by atoms with Gasteiger partial charge in [0.15, 0.2) is 0 Å². The molecule has 1 aromatic heterocycles. The van der Waals surface area contributed by atoms with E-state index in [9.17, 15) is 9.90 Å². The number of carbonyl (C=O) groups is 1. The van der Waals surface area contributed by atoms with Gasteiger partial charge < -0.3 is 14.6 Å². The molecule has 4 heteroatoms. The standard InChI is InChI=1S/C14H22N2O2/c1-15-9-5-8-13(15)14(18)16(10-11-17)12-6-3-2-4-7-12/h5,8-9,12,17H,2-4,6-7,10-11H2,1H3. The Hall–Kier alpha value is -1.29. The molecule has 0 atom stereocenters. The van der Waals surface area contributed by atoms with Crippen molar-refractivity contribution in [3.63, 3.8) is 0 Å². The minimum absolute atomic E-state index is 0.0344. The Kier molecular flexibility index (Phi) is 4.42. The second-order valence-corrected chi connectivity index (χ2v) is 5.02. The maximum atomic E-state index is 12.5. The minimum atomic E-state index is 0.0344. The molecule has 1 amide bonds. The molecule has 2 rings (SSSR count). The van der Waals surface area contributed by atoms with Gasteiger partial charge in [-0.25, -0.2) is 0 Å². The summed E-state index contributed by atoms with van der Waals surface area (Å²) in [4.78, 5) is 14.4. The maximum Gasteiger partial charge on any atom is 0.270 e. The highest BCUT2D eigenvalue weighted by molar-refractivity contribution is 5.93. The van der Waals surface area contributed by atoms with Gasteiger partial charge in [0.25, 0.3) is 5.91 Å². The predicted molar refractivity (Wildman–Crippen MR) is 70.4 cm³/mol. The average molecular weight is 250 g/mol. The minimum Gasteiger partial charge on any atom is -0.395 e. The van der Waals surface area contributed by atoms with Crippen LogP contribution in [0.15, 0.2) is 18.3 Å². The van der Waals surface area contributed by atoms with Gasteiger partial charge in [0.1, 0.15) is 5.69 Å². The fourth-order valence-electron chi connectivity index (χ4n) is 2.78. The Morgan fingerprint density at radius 3 is 2.72 bits per heavy atom. The first-order chi connectivity index (χ1) is 8.74. The fraction of sp³-hybridized carbons (Fsp3) is 0.643. The average Bonchev–Trinajstić information content (AvgIpc) is 2.82. The Balaban J connectivity index is 2.13. The number of aryl methyl sites for hydroxylation is 1. The molecule has 1 heterocycles. The van der Waals surface area contributed by atoms with Crippen LogP contribution < -0.4 is 0 Å². The van der Waals surface area contributed by atoms with Crippen LogP contribution in [-0.4, -0.2) is 39.7 Å². The highest BCUT2D eigenvalue weighted by Crippen LogP contribution is 2.23. The van der Waals surface area contributed by atoms with E-state index in [1.165, 1.54) is 19.3 Å². The molecular formula is C14H22N2O2. The lowest BCUT2D eigenvalue weighted by molar-refractivity contribution is 0.0576. The first-order valence-corrected chi connectivity index (χ1v) is 6.77. The van der Waals surface area contributed by atoms with Gasteiger partial charge in [-0.15, -0.1) is 0 Å². The summed E-state index contributed by atoms with van der Waals surface area (Å²) >= 11 is 0. The number of hydrogen-bond acceptors (Lipinski definition) is 2. The summed E-state index contributed by atoms with van der Waals surface area (Å²) in [5.41, 5.74) is 0.703. The van der Waals surface area contributed by atoms with Crippen LogP contribution in [0.4, 0.5) is 0 Å². The molecule has 0 spiro atoms. The fourth-order valence-corrected chi connectivity index (χ4v) is 2.78. The van der Waals surface area contributed by atoms with Crippen molar-refractivity contribution >= 4 is 5.91 Å². The summed E-state index contributed by atoms with van der Waals surface area (Å²) in [6.45, 7) is 0.474. The largest absolute Gasteiger partial charge is 0.395 e. The van der Waals surface area contributed by atoms with Gasteiger partial charge >= 0.3 is 0 Å². The first-order valence-electron chi connectivity index (χ1n) is 6.77. The second kappa shape index (κ2) is 6.05. The van der Waals surface area contributed by atoms with Crippen molar-refractivity contribution < 1.29 is 9.90 Å². The summed E-state index contributed by atoms with van der Waals surface area (Å²) in [5.74, 6) is 0.0449. The van der Waals surface area contributed by atoms with E-state index in [4.69, 9.17) is 0 Å². The lowest BCUT2D eigenvalue weighted by Gasteiger charge is -2.34. The third-order valence-corrected chi connectivity index (χ3v) is 3.78. The number of amides is 1. The summed E-state index contributed by atoms with van der Waals surface area (Å²) in [6, 6.07) is 4.02. The highest BCUT2D eigenvalue weighted by Gasteiger charge is 2.26. The van der Waals surface area contributed by atoms with E-state index in [0.29, 0.717) is 18.3 Å². The summed E-state index contributed by atoms with van der Waals surface area (Å²) in [6.07, 6.45) is 7.65. The molecule has 0 radical (unpaired) electrons. The summed E-state index contributed by atoms with van der Waals surface area (Å²) in [5, 5.41) is 9.18. The monoisotopic (exact) mass is 250 g/mol. The third kappa shape index (κ3) is 2.75. The normalized spacial score (nSPS) is 16.8. The van der Waals surface area contributed by atoms with Gasteiger partial charge in [-0.05, 0) is 25.0 Å². The zero-order chi connectivity index (χ0) is 13.0. The van der Waals surface area contributed by atoms with Gasteiger partial charge in [-0.2, -0.15) is 0 Å².